The van der Waals surface area contributed by atoms with Crippen molar-refractivity contribution in [2.24, 2.45) is 0 Å². The fourth-order valence-corrected chi connectivity index (χ4v) is 4.60. The SMILES string of the molecule is CCOC(=O)CN1C(=S)N[C@@H](c2ccccn2)[C@H]1c1ccc(Br)s1. The van der Waals surface area contributed by atoms with Crippen molar-refractivity contribution in [3.05, 3.63) is 50.9 Å². The zero-order valence-electron chi connectivity index (χ0n) is 12.9. The summed E-state index contributed by atoms with van der Waals surface area (Å²) in [6, 6.07) is 9.62. The van der Waals surface area contributed by atoms with Crippen LogP contribution in [0.4, 0.5) is 0 Å². The van der Waals surface area contributed by atoms with Gasteiger partial charge in [-0.05, 0) is 59.3 Å². The molecule has 5 nitrogen and oxygen atoms in total. The Hall–Kier alpha value is -1.51. The number of thiocarbonyl (C=S) groups is 1. The first-order valence-corrected chi connectivity index (χ1v) is 9.51. The zero-order chi connectivity index (χ0) is 17.1. The van der Waals surface area contributed by atoms with Gasteiger partial charge in [-0.2, -0.15) is 0 Å². The fourth-order valence-electron chi connectivity index (χ4n) is 2.72. The van der Waals surface area contributed by atoms with Crippen LogP contribution in [-0.2, 0) is 9.53 Å². The number of aromatic nitrogens is 1. The molecule has 0 radical (unpaired) electrons. The first kappa shape index (κ1) is 17.3. The monoisotopic (exact) mass is 425 g/mol. The molecule has 0 bridgehead atoms. The van der Waals surface area contributed by atoms with Gasteiger partial charge in [0.15, 0.2) is 5.11 Å². The molecule has 1 aliphatic rings. The van der Waals surface area contributed by atoms with Crippen LogP contribution in [0.25, 0.3) is 0 Å². The van der Waals surface area contributed by atoms with Crippen LogP contribution in [-0.4, -0.2) is 34.1 Å². The highest BCUT2D eigenvalue weighted by Crippen LogP contribution is 2.42. The van der Waals surface area contributed by atoms with Crippen molar-refractivity contribution in [1.82, 2.24) is 15.2 Å². The lowest BCUT2D eigenvalue weighted by molar-refractivity contribution is -0.143. The zero-order valence-corrected chi connectivity index (χ0v) is 16.2. The molecule has 126 valence electrons. The number of nitrogens with zero attached hydrogens (tertiary/aromatic N) is 2. The Labute approximate surface area is 158 Å². The van der Waals surface area contributed by atoms with Gasteiger partial charge in [0.1, 0.15) is 6.54 Å². The van der Waals surface area contributed by atoms with Gasteiger partial charge < -0.3 is 15.0 Å². The maximum absolute atomic E-state index is 12.0. The number of halogens is 1. The lowest BCUT2D eigenvalue weighted by Gasteiger charge is -2.25. The normalized spacial score (nSPS) is 20.1. The van der Waals surface area contributed by atoms with Gasteiger partial charge >= 0.3 is 5.97 Å². The molecule has 0 aliphatic carbocycles. The molecule has 24 heavy (non-hydrogen) atoms. The summed E-state index contributed by atoms with van der Waals surface area (Å²) in [6.07, 6.45) is 1.76. The molecule has 3 rings (SSSR count). The first-order chi connectivity index (χ1) is 11.6. The van der Waals surface area contributed by atoms with E-state index in [0.29, 0.717) is 11.7 Å². The van der Waals surface area contributed by atoms with Crippen LogP contribution < -0.4 is 5.32 Å². The van der Waals surface area contributed by atoms with Crippen molar-refractivity contribution in [3.8, 4) is 0 Å². The van der Waals surface area contributed by atoms with Crippen LogP contribution in [0, 0.1) is 0 Å². The van der Waals surface area contributed by atoms with E-state index in [2.05, 4.69) is 26.2 Å². The van der Waals surface area contributed by atoms with E-state index in [1.807, 2.05) is 35.2 Å². The number of hydrogen-bond donors (Lipinski definition) is 1. The molecule has 1 N–H and O–H groups in total. The second-order valence-electron chi connectivity index (χ2n) is 5.20. The van der Waals surface area contributed by atoms with Gasteiger partial charge in [-0.25, -0.2) is 0 Å². The van der Waals surface area contributed by atoms with Gasteiger partial charge in [-0.3, -0.25) is 9.78 Å². The molecule has 0 unspecified atom stereocenters. The molecule has 1 saturated heterocycles. The van der Waals surface area contributed by atoms with Gasteiger partial charge in [0, 0.05) is 11.1 Å². The highest BCUT2D eigenvalue weighted by Gasteiger charge is 2.41. The number of ether oxygens (including phenoxy) is 1. The number of pyridine rings is 1. The van der Waals surface area contributed by atoms with Gasteiger partial charge in [0.2, 0.25) is 0 Å². The summed E-state index contributed by atoms with van der Waals surface area (Å²) in [7, 11) is 0. The summed E-state index contributed by atoms with van der Waals surface area (Å²) in [4.78, 5) is 19.4. The minimum atomic E-state index is -0.288. The standard InChI is InChI=1S/C16H16BrN3O2S2/c1-2-22-13(21)9-20-15(11-6-7-12(17)24-11)14(19-16(20)23)10-5-3-4-8-18-10/h3-8,14-15H,2,9H2,1H3,(H,19,23)/t14-,15+/m0/s1. The second kappa shape index (κ2) is 7.58. The second-order valence-corrected chi connectivity index (χ2v) is 8.08. The minimum absolute atomic E-state index is 0.104. The van der Waals surface area contributed by atoms with Crippen LogP contribution >= 0.6 is 39.5 Å². The maximum atomic E-state index is 12.0. The van der Waals surface area contributed by atoms with E-state index < -0.39 is 0 Å². The molecule has 3 heterocycles. The lowest BCUT2D eigenvalue weighted by Crippen LogP contribution is -2.35. The van der Waals surface area contributed by atoms with Crippen molar-refractivity contribution in [2.75, 3.05) is 13.2 Å². The highest BCUT2D eigenvalue weighted by molar-refractivity contribution is 9.11. The molecule has 8 heteroatoms. The largest absolute Gasteiger partial charge is 0.465 e. The number of thiophene rings is 1. The van der Waals surface area contributed by atoms with Gasteiger partial charge in [-0.15, -0.1) is 11.3 Å². The van der Waals surface area contributed by atoms with Gasteiger partial charge in [-0.1, -0.05) is 6.07 Å². The smallest absolute Gasteiger partial charge is 0.325 e. The molecular formula is C16H16BrN3O2S2. The van der Waals surface area contributed by atoms with Crippen LogP contribution in [0.15, 0.2) is 40.3 Å². The van der Waals surface area contributed by atoms with E-state index in [1.54, 1.807) is 24.5 Å². The predicted molar refractivity (Wildman–Crippen MR) is 101 cm³/mol. The molecule has 1 fully saturated rings. The summed E-state index contributed by atoms with van der Waals surface area (Å²) in [5, 5.41) is 3.84. The molecule has 1 aliphatic heterocycles. The molecule has 0 aromatic carbocycles. The average Bonchev–Trinajstić information content (AvgIpc) is 3.13. The maximum Gasteiger partial charge on any atom is 0.325 e. The van der Waals surface area contributed by atoms with Crippen LogP contribution in [0.1, 0.15) is 29.6 Å². The summed E-state index contributed by atoms with van der Waals surface area (Å²) in [5.74, 6) is -0.288. The van der Waals surface area contributed by atoms with E-state index in [1.165, 1.54) is 0 Å². The lowest BCUT2D eigenvalue weighted by atomic mass is 10.0. The number of esters is 1. The topological polar surface area (TPSA) is 54.5 Å². The van der Waals surface area contributed by atoms with E-state index in [4.69, 9.17) is 17.0 Å². The van der Waals surface area contributed by atoms with Crippen LogP contribution in [0.3, 0.4) is 0 Å². The molecule has 2 atom stereocenters. The summed E-state index contributed by atoms with van der Waals surface area (Å²) in [5.41, 5.74) is 0.890. The quantitative estimate of drug-likeness (QED) is 0.584. The summed E-state index contributed by atoms with van der Waals surface area (Å²) < 4.78 is 6.13. The molecule has 2 aromatic heterocycles. The molecule has 2 aromatic rings. The Morgan fingerprint density at radius 1 is 1.46 bits per heavy atom. The van der Waals surface area contributed by atoms with E-state index in [0.717, 1.165) is 14.4 Å². The van der Waals surface area contributed by atoms with E-state index in [9.17, 15) is 4.79 Å². The van der Waals surface area contributed by atoms with E-state index >= 15 is 0 Å². The first-order valence-electron chi connectivity index (χ1n) is 7.49. The van der Waals surface area contributed by atoms with Gasteiger partial charge in [0.05, 0.1) is 28.2 Å². The van der Waals surface area contributed by atoms with Crippen molar-refractivity contribution < 1.29 is 9.53 Å². The van der Waals surface area contributed by atoms with Crippen LogP contribution in [0.5, 0.6) is 0 Å². The number of carbonyl (C=O) groups is 1. The predicted octanol–water partition coefficient (Wildman–Crippen LogP) is 3.44. The number of carbonyl (C=O) groups excluding carboxylic acids is 1. The minimum Gasteiger partial charge on any atom is -0.465 e. The van der Waals surface area contributed by atoms with E-state index in [-0.39, 0.29) is 24.6 Å². The Bertz CT molecular complexity index is 738. The number of rotatable bonds is 5. The molecular weight excluding hydrogens is 410 g/mol. The Morgan fingerprint density at radius 3 is 2.92 bits per heavy atom. The van der Waals surface area contributed by atoms with Crippen molar-refractivity contribution >= 4 is 50.6 Å². The highest BCUT2D eigenvalue weighted by atomic mass is 79.9. The average molecular weight is 426 g/mol. The Morgan fingerprint density at radius 2 is 2.29 bits per heavy atom. The van der Waals surface area contributed by atoms with Crippen molar-refractivity contribution in [3.63, 3.8) is 0 Å². The fraction of sp³-hybridized carbons (Fsp3) is 0.312. The molecule has 0 saturated carbocycles. The Kier molecular flexibility index (Phi) is 5.47. The van der Waals surface area contributed by atoms with Gasteiger partial charge in [0.25, 0.3) is 0 Å². The third-order valence-electron chi connectivity index (χ3n) is 3.69. The van der Waals surface area contributed by atoms with Crippen LogP contribution in [0.2, 0.25) is 0 Å². The third-order valence-corrected chi connectivity index (χ3v) is 5.73. The number of nitrogens with one attached hydrogen (secondary N) is 1. The summed E-state index contributed by atoms with van der Waals surface area (Å²) in [6.45, 7) is 2.26. The molecule has 0 amide bonds. The third kappa shape index (κ3) is 3.60. The Balaban J connectivity index is 1.95. The van der Waals surface area contributed by atoms with Crippen molar-refractivity contribution in [1.29, 1.82) is 0 Å². The molecule has 0 spiro atoms. The number of hydrogen-bond acceptors (Lipinski definition) is 5. The van der Waals surface area contributed by atoms with Crippen molar-refractivity contribution in [2.45, 2.75) is 19.0 Å². The summed E-state index contributed by atoms with van der Waals surface area (Å²) >= 11 is 10.6.